The van der Waals surface area contributed by atoms with E-state index in [1.807, 2.05) is 17.5 Å². The lowest BCUT2D eigenvalue weighted by Gasteiger charge is -2.05. The number of carbonyl (C=O) groups excluding carboxylic acids is 1. The van der Waals surface area contributed by atoms with Crippen LogP contribution in [0.15, 0.2) is 41.1 Å². The Bertz CT molecular complexity index is 800. The quantitative estimate of drug-likeness (QED) is 0.770. The number of carbonyl (C=O) groups is 1. The van der Waals surface area contributed by atoms with Crippen molar-refractivity contribution < 1.29 is 13.6 Å². The molecule has 0 fully saturated rings. The van der Waals surface area contributed by atoms with Crippen LogP contribution in [0.1, 0.15) is 5.69 Å². The van der Waals surface area contributed by atoms with Crippen LogP contribution in [0.3, 0.4) is 0 Å². The summed E-state index contributed by atoms with van der Waals surface area (Å²) in [5, 5.41) is 6.94. The summed E-state index contributed by atoms with van der Waals surface area (Å²) < 4.78 is 26.5. The Labute approximate surface area is 133 Å². The van der Waals surface area contributed by atoms with Crippen LogP contribution in [0.25, 0.3) is 9.88 Å². The van der Waals surface area contributed by atoms with Gasteiger partial charge >= 0.3 is 0 Å². The second-order valence-electron chi connectivity index (χ2n) is 4.47. The number of nitrogens with zero attached hydrogens (tertiary/aromatic N) is 1. The van der Waals surface area contributed by atoms with Crippen LogP contribution in [0.4, 0.5) is 14.5 Å². The average Bonchev–Trinajstić information content (AvgIpc) is 3.13. The first-order valence-corrected chi connectivity index (χ1v) is 8.11. The summed E-state index contributed by atoms with van der Waals surface area (Å²) in [6, 6.07) is 6.81. The van der Waals surface area contributed by atoms with Crippen molar-refractivity contribution in [2.75, 3.05) is 5.32 Å². The van der Waals surface area contributed by atoms with E-state index in [4.69, 9.17) is 0 Å². The Morgan fingerprint density at radius 2 is 2.09 bits per heavy atom. The summed E-state index contributed by atoms with van der Waals surface area (Å²) in [6.07, 6.45) is 0.0117. The number of thiophene rings is 1. The van der Waals surface area contributed by atoms with E-state index in [0.717, 1.165) is 28.1 Å². The fourth-order valence-corrected chi connectivity index (χ4v) is 3.49. The summed E-state index contributed by atoms with van der Waals surface area (Å²) >= 11 is 3.02. The van der Waals surface area contributed by atoms with Gasteiger partial charge in [0.05, 0.1) is 22.7 Å². The molecule has 1 N–H and O–H groups in total. The van der Waals surface area contributed by atoms with Gasteiger partial charge in [-0.25, -0.2) is 13.8 Å². The van der Waals surface area contributed by atoms with Crippen molar-refractivity contribution in [3.8, 4) is 9.88 Å². The van der Waals surface area contributed by atoms with Crippen LogP contribution in [-0.2, 0) is 11.2 Å². The number of halogens is 2. The molecule has 0 spiro atoms. The first kappa shape index (κ1) is 14.8. The lowest BCUT2D eigenvalue weighted by atomic mass is 10.2. The van der Waals surface area contributed by atoms with Crippen molar-refractivity contribution in [1.82, 2.24) is 4.98 Å². The third-order valence-electron chi connectivity index (χ3n) is 2.83. The van der Waals surface area contributed by atoms with Crippen molar-refractivity contribution in [3.63, 3.8) is 0 Å². The van der Waals surface area contributed by atoms with Crippen molar-refractivity contribution in [2.45, 2.75) is 6.42 Å². The van der Waals surface area contributed by atoms with Gasteiger partial charge in [0, 0.05) is 11.4 Å². The zero-order chi connectivity index (χ0) is 15.5. The summed E-state index contributed by atoms with van der Waals surface area (Å²) in [4.78, 5) is 17.3. The zero-order valence-electron chi connectivity index (χ0n) is 11.2. The molecular formula is C15H10F2N2OS2. The smallest absolute Gasteiger partial charge is 0.230 e. The van der Waals surface area contributed by atoms with Crippen LogP contribution in [0.2, 0.25) is 0 Å². The molecule has 3 aromatic rings. The Morgan fingerprint density at radius 1 is 1.23 bits per heavy atom. The minimum atomic E-state index is -0.674. The molecular weight excluding hydrogens is 326 g/mol. The van der Waals surface area contributed by atoms with E-state index in [-0.39, 0.29) is 12.1 Å². The van der Waals surface area contributed by atoms with Crippen LogP contribution < -0.4 is 5.32 Å². The second-order valence-corrected chi connectivity index (χ2v) is 6.28. The van der Waals surface area contributed by atoms with E-state index in [9.17, 15) is 13.6 Å². The van der Waals surface area contributed by atoms with Crippen LogP contribution in [0, 0.1) is 11.6 Å². The van der Waals surface area contributed by atoms with Crippen molar-refractivity contribution >= 4 is 34.3 Å². The number of amides is 1. The zero-order valence-corrected chi connectivity index (χ0v) is 12.8. The highest BCUT2D eigenvalue weighted by atomic mass is 32.1. The van der Waals surface area contributed by atoms with Crippen LogP contribution in [-0.4, -0.2) is 10.9 Å². The highest BCUT2D eigenvalue weighted by molar-refractivity contribution is 7.20. The molecule has 0 bridgehead atoms. The van der Waals surface area contributed by atoms with Crippen LogP contribution in [0.5, 0.6) is 0 Å². The van der Waals surface area contributed by atoms with Gasteiger partial charge in [-0.1, -0.05) is 6.07 Å². The normalized spacial score (nSPS) is 10.6. The van der Waals surface area contributed by atoms with Crippen LogP contribution >= 0.6 is 22.7 Å². The number of benzene rings is 1. The van der Waals surface area contributed by atoms with E-state index in [1.165, 1.54) is 11.3 Å². The second kappa shape index (κ2) is 6.33. The van der Waals surface area contributed by atoms with Gasteiger partial charge in [0.25, 0.3) is 0 Å². The summed E-state index contributed by atoms with van der Waals surface area (Å²) in [6.45, 7) is 0. The summed E-state index contributed by atoms with van der Waals surface area (Å²) in [5.41, 5.74) is 0.432. The van der Waals surface area contributed by atoms with Gasteiger partial charge in [-0.2, -0.15) is 0 Å². The van der Waals surface area contributed by atoms with Gasteiger partial charge in [0.15, 0.2) is 0 Å². The van der Waals surface area contributed by atoms with E-state index >= 15 is 0 Å². The minimum absolute atomic E-state index is 0.0117. The molecule has 3 rings (SSSR count). The Hall–Kier alpha value is -2.12. The molecule has 0 radical (unpaired) electrons. The highest BCUT2D eigenvalue weighted by Crippen LogP contribution is 2.28. The molecule has 0 aliphatic carbocycles. The monoisotopic (exact) mass is 336 g/mol. The van der Waals surface area contributed by atoms with Gasteiger partial charge in [0.1, 0.15) is 16.6 Å². The molecule has 0 aliphatic heterocycles. The van der Waals surface area contributed by atoms with Gasteiger partial charge in [-0.05, 0) is 23.6 Å². The topological polar surface area (TPSA) is 42.0 Å². The molecule has 7 heteroatoms. The number of nitrogens with one attached hydrogen (secondary N) is 1. The van der Waals surface area contributed by atoms with E-state index in [0.29, 0.717) is 5.69 Å². The number of hydrogen-bond donors (Lipinski definition) is 1. The molecule has 3 nitrogen and oxygen atoms in total. The Balaban J connectivity index is 1.68. The molecule has 0 saturated heterocycles. The van der Waals surface area contributed by atoms with Gasteiger partial charge in [-0.15, -0.1) is 22.7 Å². The predicted octanol–water partition coefficient (Wildman–Crippen LogP) is 4.33. The molecule has 2 heterocycles. The van der Waals surface area contributed by atoms with Gasteiger partial charge in [-0.3, -0.25) is 4.79 Å². The summed E-state index contributed by atoms with van der Waals surface area (Å²) in [7, 11) is 0. The number of anilines is 1. The van der Waals surface area contributed by atoms with Crippen molar-refractivity contribution in [1.29, 1.82) is 0 Å². The Morgan fingerprint density at radius 3 is 2.86 bits per heavy atom. The van der Waals surface area contributed by atoms with Crippen molar-refractivity contribution in [2.24, 2.45) is 0 Å². The molecule has 0 saturated carbocycles. The maximum atomic E-state index is 13.5. The summed E-state index contributed by atoms with van der Waals surface area (Å²) in [5.74, 6) is -1.72. The number of aromatic nitrogens is 1. The van der Waals surface area contributed by atoms with E-state index in [2.05, 4.69) is 10.3 Å². The molecule has 1 amide bonds. The van der Waals surface area contributed by atoms with Gasteiger partial charge < -0.3 is 5.32 Å². The highest BCUT2D eigenvalue weighted by Gasteiger charge is 2.12. The lowest BCUT2D eigenvalue weighted by molar-refractivity contribution is -0.115. The fraction of sp³-hybridized carbons (Fsp3) is 0.0667. The Kier molecular flexibility index (Phi) is 4.26. The maximum Gasteiger partial charge on any atom is 0.230 e. The first-order chi connectivity index (χ1) is 10.6. The fourth-order valence-electron chi connectivity index (χ4n) is 1.85. The molecule has 0 aliphatic rings. The minimum Gasteiger partial charge on any atom is -0.323 e. The lowest BCUT2D eigenvalue weighted by Crippen LogP contribution is -2.15. The number of rotatable bonds is 4. The van der Waals surface area contributed by atoms with E-state index < -0.39 is 17.5 Å². The molecule has 1 aromatic carbocycles. The van der Waals surface area contributed by atoms with E-state index in [1.54, 1.807) is 16.7 Å². The third kappa shape index (κ3) is 3.37. The molecule has 0 unspecified atom stereocenters. The molecule has 2 aromatic heterocycles. The molecule has 0 atom stereocenters. The third-order valence-corrected chi connectivity index (χ3v) is 4.76. The largest absolute Gasteiger partial charge is 0.323 e. The predicted molar refractivity (Wildman–Crippen MR) is 84.1 cm³/mol. The number of thiazole rings is 1. The maximum absolute atomic E-state index is 13.5. The van der Waals surface area contributed by atoms with Gasteiger partial charge in [0.2, 0.25) is 5.91 Å². The standard InChI is InChI=1S/C15H10F2N2OS2/c16-9-3-4-11(17)12(6-9)19-14(20)7-10-8-22-15(18-10)13-2-1-5-21-13/h1-6,8H,7H2,(H,19,20). The molecule has 22 heavy (non-hydrogen) atoms. The number of hydrogen-bond acceptors (Lipinski definition) is 4. The molecule has 112 valence electrons. The average molecular weight is 336 g/mol. The first-order valence-electron chi connectivity index (χ1n) is 6.35. The van der Waals surface area contributed by atoms with Crippen molar-refractivity contribution in [3.05, 3.63) is 58.4 Å². The SMILES string of the molecule is O=C(Cc1csc(-c2cccs2)n1)Nc1cc(F)ccc1F.